The second-order valence-electron chi connectivity index (χ2n) is 6.48. The quantitative estimate of drug-likeness (QED) is 0.825. The number of aromatic nitrogens is 1. The number of thiazole rings is 1. The van der Waals surface area contributed by atoms with Gasteiger partial charge in [-0.3, -0.25) is 4.90 Å². The summed E-state index contributed by atoms with van der Waals surface area (Å²) in [5.41, 5.74) is 2.12. The van der Waals surface area contributed by atoms with Crippen molar-refractivity contribution in [2.45, 2.75) is 51.0 Å². The van der Waals surface area contributed by atoms with Gasteiger partial charge < -0.3 is 9.84 Å². The molecule has 1 fully saturated rings. The van der Waals surface area contributed by atoms with Crippen molar-refractivity contribution < 1.29 is 9.84 Å². The van der Waals surface area contributed by atoms with E-state index >= 15 is 0 Å². The first-order valence-electron chi connectivity index (χ1n) is 8.61. The molecule has 0 aliphatic carbocycles. The Kier molecular flexibility index (Phi) is 6.00. The lowest BCUT2D eigenvalue weighted by molar-refractivity contribution is 0.115. The van der Waals surface area contributed by atoms with E-state index in [2.05, 4.69) is 10.3 Å². The fraction of sp³-hybridized carbons (Fsp3) is 0.526. The van der Waals surface area contributed by atoms with Gasteiger partial charge in [0.1, 0.15) is 11.1 Å². The number of likely N-dealkylation sites (tertiary alicyclic amines) is 1. The molecule has 3 rings (SSSR count). The number of nitrogens with zero attached hydrogens (tertiary/aromatic N) is 2. The minimum absolute atomic E-state index is 0.0537. The summed E-state index contributed by atoms with van der Waals surface area (Å²) >= 11 is 1.67. The van der Waals surface area contributed by atoms with Crippen LogP contribution in [-0.4, -0.2) is 34.7 Å². The van der Waals surface area contributed by atoms with Gasteiger partial charge in [0.05, 0.1) is 11.8 Å². The van der Waals surface area contributed by atoms with Crippen LogP contribution in [-0.2, 0) is 11.3 Å². The number of benzene rings is 1. The molecule has 1 aromatic carbocycles. The molecule has 2 aromatic rings. The highest BCUT2D eigenvalue weighted by molar-refractivity contribution is 7.09. The van der Waals surface area contributed by atoms with E-state index in [9.17, 15) is 5.11 Å². The summed E-state index contributed by atoms with van der Waals surface area (Å²) in [4.78, 5) is 7.17. The van der Waals surface area contributed by atoms with Gasteiger partial charge >= 0.3 is 0 Å². The molecule has 1 aromatic heterocycles. The normalized spacial score (nSPS) is 21.0. The van der Waals surface area contributed by atoms with E-state index in [1.807, 2.05) is 37.3 Å². The van der Waals surface area contributed by atoms with Crippen molar-refractivity contribution in [3.63, 3.8) is 0 Å². The van der Waals surface area contributed by atoms with Crippen LogP contribution < -0.4 is 0 Å². The molecule has 2 heterocycles. The summed E-state index contributed by atoms with van der Waals surface area (Å²) in [6.07, 6.45) is 2.79. The molecule has 3 unspecified atom stereocenters. The molecule has 4 nitrogen and oxygen atoms in total. The van der Waals surface area contributed by atoms with Gasteiger partial charge in [0.25, 0.3) is 0 Å². The molecular weight excluding hydrogens is 320 g/mol. The van der Waals surface area contributed by atoms with E-state index in [1.54, 1.807) is 18.4 Å². The predicted octanol–water partition coefficient (Wildman–Crippen LogP) is 3.94. The number of methoxy groups -OCH3 is 1. The number of hydrogen-bond donors (Lipinski definition) is 1. The Morgan fingerprint density at radius 2 is 2.17 bits per heavy atom. The number of aliphatic hydroxyl groups is 1. The van der Waals surface area contributed by atoms with Crippen molar-refractivity contribution in [3.8, 4) is 0 Å². The van der Waals surface area contributed by atoms with Gasteiger partial charge in [0.2, 0.25) is 0 Å². The first-order chi connectivity index (χ1) is 11.7. The van der Waals surface area contributed by atoms with Crippen LogP contribution in [0.25, 0.3) is 0 Å². The summed E-state index contributed by atoms with van der Waals surface area (Å²) < 4.78 is 5.34. The van der Waals surface area contributed by atoms with Gasteiger partial charge in [-0.2, -0.15) is 0 Å². The summed E-state index contributed by atoms with van der Waals surface area (Å²) in [5.74, 6) is 0. The SMILES string of the molecule is COC(C)c1nc(CN2CCCC2CC(O)c2ccccc2)cs1. The largest absolute Gasteiger partial charge is 0.388 e. The third-order valence-corrected chi connectivity index (χ3v) is 5.87. The average Bonchev–Trinajstić information content (AvgIpc) is 3.25. The number of aliphatic hydroxyl groups excluding tert-OH is 1. The smallest absolute Gasteiger partial charge is 0.122 e. The summed E-state index contributed by atoms with van der Waals surface area (Å²) in [6.45, 7) is 3.97. The summed E-state index contributed by atoms with van der Waals surface area (Å²) in [7, 11) is 1.72. The molecule has 0 spiro atoms. The summed E-state index contributed by atoms with van der Waals surface area (Å²) in [5, 5.41) is 13.7. The molecule has 0 radical (unpaired) electrons. The van der Waals surface area contributed by atoms with Crippen LogP contribution in [0.3, 0.4) is 0 Å². The third kappa shape index (κ3) is 4.22. The van der Waals surface area contributed by atoms with Crippen molar-refractivity contribution >= 4 is 11.3 Å². The van der Waals surface area contributed by atoms with Crippen LogP contribution in [0.4, 0.5) is 0 Å². The number of rotatable bonds is 7. The Hall–Kier alpha value is -1.27. The third-order valence-electron chi connectivity index (χ3n) is 4.81. The molecule has 1 saturated heterocycles. The molecule has 130 valence electrons. The van der Waals surface area contributed by atoms with Gasteiger partial charge in [0, 0.05) is 25.1 Å². The molecule has 3 atom stereocenters. The lowest BCUT2D eigenvalue weighted by Crippen LogP contribution is -2.30. The van der Waals surface area contributed by atoms with Gasteiger partial charge in [-0.15, -0.1) is 11.3 Å². The molecule has 1 aliphatic rings. The van der Waals surface area contributed by atoms with E-state index in [0.29, 0.717) is 6.04 Å². The topological polar surface area (TPSA) is 45.6 Å². The lowest BCUT2D eigenvalue weighted by atomic mass is 10.0. The fourth-order valence-electron chi connectivity index (χ4n) is 3.33. The van der Waals surface area contributed by atoms with Gasteiger partial charge in [0.15, 0.2) is 0 Å². The van der Waals surface area contributed by atoms with Crippen molar-refractivity contribution in [2.24, 2.45) is 0 Å². The van der Waals surface area contributed by atoms with E-state index < -0.39 is 6.10 Å². The van der Waals surface area contributed by atoms with E-state index in [0.717, 1.165) is 42.2 Å². The standard InChI is InChI=1S/C19H26N2O2S/c1-14(23-2)19-20-16(13-24-19)12-21-10-6-9-17(21)11-18(22)15-7-4-3-5-8-15/h3-5,7-8,13-14,17-18,22H,6,9-12H2,1-2H3. The zero-order valence-corrected chi connectivity index (χ0v) is 15.2. The number of hydrogen-bond acceptors (Lipinski definition) is 5. The van der Waals surface area contributed by atoms with Crippen LogP contribution in [0.1, 0.15) is 54.7 Å². The van der Waals surface area contributed by atoms with E-state index in [1.165, 1.54) is 6.42 Å². The van der Waals surface area contributed by atoms with Crippen LogP contribution in [0.15, 0.2) is 35.7 Å². The van der Waals surface area contributed by atoms with Gasteiger partial charge in [-0.25, -0.2) is 4.98 Å². The molecule has 5 heteroatoms. The first kappa shape index (κ1) is 17.5. The maximum absolute atomic E-state index is 10.5. The van der Waals surface area contributed by atoms with Crippen molar-refractivity contribution in [1.29, 1.82) is 0 Å². The molecule has 0 saturated carbocycles. The lowest BCUT2D eigenvalue weighted by Gasteiger charge is -2.26. The molecule has 0 amide bonds. The van der Waals surface area contributed by atoms with Crippen LogP contribution >= 0.6 is 11.3 Å². The first-order valence-corrected chi connectivity index (χ1v) is 9.49. The Morgan fingerprint density at radius 1 is 1.38 bits per heavy atom. The zero-order valence-electron chi connectivity index (χ0n) is 14.4. The highest BCUT2D eigenvalue weighted by Crippen LogP contribution is 2.29. The Labute approximate surface area is 148 Å². The second-order valence-corrected chi connectivity index (χ2v) is 7.37. The van der Waals surface area contributed by atoms with Gasteiger partial charge in [-0.1, -0.05) is 30.3 Å². The minimum Gasteiger partial charge on any atom is -0.388 e. The van der Waals surface area contributed by atoms with Crippen LogP contribution in [0.5, 0.6) is 0 Å². The Bertz CT molecular complexity index is 631. The van der Waals surface area contributed by atoms with Gasteiger partial charge in [-0.05, 0) is 38.3 Å². The maximum atomic E-state index is 10.5. The molecule has 1 aliphatic heterocycles. The van der Waals surface area contributed by atoms with E-state index in [4.69, 9.17) is 9.72 Å². The minimum atomic E-state index is -0.392. The Balaban J connectivity index is 1.60. The summed E-state index contributed by atoms with van der Waals surface area (Å²) in [6, 6.07) is 10.4. The van der Waals surface area contributed by atoms with Crippen molar-refractivity contribution in [2.75, 3.05) is 13.7 Å². The van der Waals surface area contributed by atoms with Crippen LogP contribution in [0, 0.1) is 0 Å². The Morgan fingerprint density at radius 3 is 2.92 bits per heavy atom. The average molecular weight is 346 g/mol. The van der Waals surface area contributed by atoms with Crippen molar-refractivity contribution in [1.82, 2.24) is 9.88 Å². The molecule has 24 heavy (non-hydrogen) atoms. The maximum Gasteiger partial charge on any atom is 0.122 e. The highest BCUT2D eigenvalue weighted by Gasteiger charge is 2.27. The predicted molar refractivity (Wildman–Crippen MR) is 97.0 cm³/mol. The molecule has 0 bridgehead atoms. The molecule has 1 N–H and O–H groups in total. The zero-order chi connectivity index (χ0) is 16.9. The van der Waals surface area contributed by atoms with Crippen LogP contribution in [0.2, 0.25) is 0 Å². The molecular formula is C19H26N2O2S. The van der Waals surface area contributed by atoms with Crippen molar-refractivity contribution in [3.05, 3.63) is 52.0 Å². The number of ether oxygens (including phenoxy) is 1. The fourth-order valence-corrected chi connectivity index (χ4v) is 4.17. The van der Waals surface area contributed by atoms with E-state index in [-0.39, 0.29) is 6.10 Å². The highest BCUT2D eigenvalue weighted by atomic mass is 32.1. The second kappa shape index (κ2) is 8.21. The monoisotopic (exact) mass is 346 g/mol.